The zero-order valence-corrected chi connectivity index (χ0v) is 10.3. The predicted octanol–water partition coefficient (Wildman–Crippen LogP) is 2.89. The number of hydrogen-bond acceptors (Lipinski definition) is 4. The van der Waals surface area contributed by atoms with Crippen molar-refractivity contribution in [3.05, 3.63) is 28.1 Å². The molecule has 1 N–H and O–H groups in total. The molecule has 1 rings (SSSR count). The molecule has 0 amide bonds. The molecule has 0 aromatic heterocycles. The number of nitrogens with one attached hydrogen (secondary N) is 1. The van der Waals surface area contributed by atoms with E-state index in [4.69, 9.17) is 11.6 Å². The van der Waals surface area contributed by atoms with Crippen molar-refractivity contribution in [1.29, 1.82) is 0 Å². The Morgan fingerprint density at radius 2 is 2.00 bits per heavy atom. The van der Waals surface area contributed by atoms with Crippen LogP contribution in [0.3, 0.4) is 0 Å². The Bertz CT molecular complexity index is 499. The van der Waals surface area contributed by atoms with Crippen LogP contribution in [0.5, 0.6) is 0 Å². The standard InChI is InChI=1S/C9H11ClN2O3S/c1-6(2)16(14,15)12-7-3-4-9(11-13)8(10)5-7/h3-6,12H,1-2H3. The summed E-state index contributed by atoms with van der Waals surface area (Å²) in [6.07, 6.45) is 0. The van der Waals surface area contributed by atoms with Crippen LogP contribution in [0.4, 0.5) is 11.4 Å². The third-order valence-corrected chi connectivity index (χ3v) is 3.99. The molecule has 7 heteroatoms. The van der Waals surface area contributed by atoms with E-state index in [-0.39, 0.29) is 10.7 Å². The highest BCUT2D eigenvalue weighted by Gasteiger charge is 2.16. The first-order chi connectivity index (χ1) is 7.36. The van der Waals surface area contributed by atoms with Crippen molar-refractivity contribution in [3.63, 3.8) is 0 Å². The van der Waals surface area contributed by atoms with Gasteiger partial charge in [0.2, 0.25) is 10.0 Å². The zero-order chi connectivity index (χ0) is 12.3. The van der Waals surface area contributed by atoms with Crippen molar-refractivity contribution < 1.29 is 8.42 Å². The first-order valence-corrected chi connectivity index (χ1v) is 6.44. The summed E-state index contributed by atoms with van der Waals surface area (Å²) in [7, 11) is -3.40. The molecule has 0 unspecified atom stereocenters. The third kappa shape index (κ3) is 2.93. The number of anilines is 1. The van der Waals surface area contributed by atoms with Crippen LogP contribution in [-0.2, 0) is 10.0 Å². The Hall–Kier alpha value is -1.14. The molecule has 0 spiro atoms. The highest BCUT2D eigenvalue weighted by atomic mass is 35.5. The van der Waals surface area contributed by atoms with E-state index in [2.05, 4.69) is 9.90 Å². The average molecular weight is 263 g/mol. The second-order valence-electron chi connectivity index (χ2n) is 3.45. The Kier molecular flexibility index (Phi) is 3.88. The Morgan fingerprint density at radius 3 is 2.44 bits per heavy atom. The summed E-state index contributed by atoms with van der Waals surface area (Å²) in [6.45, 7) is 3.12. The molecule has 0 radical (unpaired) electrons. The summed E-state index contributed by atoms with van der Waals surface area (Å²) in [6, 6.07) is 4.13. The molecule has 16 heavy (non-hydrogen) atoms. The van der Waals surface area contributed by atoms with Gasteiger partial charge in [-0.3, -0.25) is 4.72 Å². The molecule has 0 aliphatic carbocycles. The lowest BCUT2D eigenvalue weighted by Gasteiger charge is -2.10. The van der Waals surface area contributed by atoms with E-state index < -0.39 is 15.3 Å². The Balaban J connectivity index is 3.00. The van der Waals surface area contributed by atoms with Crippen LogP contribution in [0.25, 0.3) is 0 Å². The van der Waals surface area contributed by atoms with E-state index in [1.807, 2.05) is 0 Å². The highest BCUT2D eigenvalue weighted by Crippen LogP contribution is 2.28. The molecule has 0 atom stereocenters. The number of nitroso groups, excluding NO2 is 1. The SMILES string of the molecule is CC(C)S(=O)(=O)Nc1ccc(N=O)c(Cl)c1. The molecule has 5 nitrogen and oxygen atoms in total. The molecule has 0 saturated carbocycles. The van der Waals surface area contributed by atoms with E-state index in [0.717, 1.165) is 0 Å². The van der Waals surface area contributed by atoms with Crippen molar-refractivity contribution in [3.8, 4) is 0 Å². The third-order valence-electron chi connectivity index (χ3n) is 1.93. The van der Waals surface area contributed by atoms with Gasteiger partial charge in [0.15, 0.2) is 0 Å². The number of hydrogen-bond donors (Lipinski definition) is 1. The fourth-order valence-corrected chi connectivity index (χ4v) is 1.83. The number of rotatable bonds is 4. The molecule has 1 aromatic rings. The second-order valence-corrected chi connectivity index (χ2v) is 6.10. The zero-order valence-electron chi connectivity index (χ0n) is 8.77. The van der Waals surface area contributed by atoms with Gasteiger partial charge < -0.3 is 0 Å². The van der Waals surface area contributed by atoms with Gasteiger partial charge in [-0.15, -0.1) is 4.91 Å². The molecule has 88 valence electrons. The maximum atomic E-state index is 11.5. The van der Waals surface area contributed by atoms with E-state index in [9.17, 15) is 13.3 Å². The van der Waals surface area contributed by atoms with E-state index >= 15 is 0 Å². The van der Waals surface area contributed by atoms with Crippen LogP contribution in [0.2, 0.25) is 5.02 Å². The molecule has 0 aliphatic heterocycles. The lowest BCUT2D eigenvalue weighted by atomic mass is 10.3. The maximum absolute atomic E-state index is 11.5. The maximum Gasteiger partial charge on any atom is 0.235 e. The number of benzene rings is 1. The van der Waals surface area contributed by atoms with Crippen molar-refractivity contribution in [2.24, 2.45) is 5.18 Å². The van der Waals surface area contributed by atoms with E-state index in [1.165, 1.54) is 18.2 Å². The van der Waals surface area contributed by atoms with Crippen molar-refractivity contribution in [2.75, 3.05) is 4.72 Å². The topological polar surface area (TPSA) is 75.6 Å². The first-order valence-electron chi connectivity index (χ1n) is 4.51. The minimum Gasteiger partial charge on any atom is -0.283 e. The van der Waals surface area contributed by atoms with E-state index in [1.54, 1.807) is 13.8 Å². The first kappa shape index (κ1) is 12.9. The van der Waals surface area contributed by atoms with Gasteiger partial charge >= 0.3 is 0 Å². The normalized spacial score (nSPS) is 11.5. The fourth-order valence-electron chi connectivity index (χ4n) is 0.927. The molecular weight excluding hydrogens is 252 g/mol. The second kappa shape index (κ2) is 4.80. The Morgan fingerprint density at radius 1 is 1.38 bits per heavy atom. The fraction of sp³-hybridized carbons (Fsp3) is 0.333. The number of nitrogens with zero attached hydrogens (tertiary/aromatic N) is 1. The highest BCUT2D eigenvalue weighted by molar-refractivity contribution is 7.93. The van der Waals surface area contributed by atoms with Crippen LogP contribution in [-0.4, -0.2) is 13.7 Å². The van der Waals surface area contributed by atoms with Crippen LogP contribution in [0.15, 0.2) is 23.4 Å². The van der Waals surface area contributed by atoms with Gasteiger partial charge in [0.05, 0.1) is 16.0 Å². The number of halogens is 1. The molecule has 0 heterocycles. The predicted molar refractivity (Wildman–Crippen MR) is 64.6 cm³/mol. The lowest BCUT2D eigenvalue weighted by molar-refractivity contribution is 0.593. The molecule has 0 saturated heterocycles. The summed E-state index contributed by atoms with van der Waals surface area (Å²) in [5, 5.41) is 2.25. The summed E-state index contributed by atoms with van der Waals surface area (Å²) < 4.78 is 25.4. The molecule has 1 aromatic carbocycles. The molecule has 0 bridgehead atoms. The number of sulfonamides is 1. The van der Waals surface area contributed by atoms with Gasteiger partial charge in [0.1, 0.15) is 5.69 Å². The van der Waals surface area contributed by atoms with Crippen molar-refractivity contribution in [1.82, 2.24) is 0 Å². The Labute approximate surface area is 98.8 Å². The summed E-state index contributed by atoms with van der Waals surface area (Å²) in [4.78, 5) is 10.3. The van der Waals surface area contributed by atoms with Crippen molar-refractivity contribution >= 4 is 33.0 Å². The molecular formula is C9H11ClN2O3S. The lowest BCUT2D eigenvalue weighted by Crippen LogP contribution is -2.22. The van der Waals surface area contributed by atoms with E-state index in [0.29, 0.717) is 5.69 Å². The van der Waals surface area contributed by atoms with Gasteiger partial charge in [0, 0.05) is 0 Å². The summed E-state index contributed by atoms with van der Waals surface area (Å²) >= 11 is 5.71. The van der Waals surface area contributed by atoms with Gasteiger partial charge in [0.25, 0.3) is 0 Å². The van der Waals surface area contributed by atoms with Gasteiger partial charge in [-0.25, -0.2) is 8.42 Å². The molecule has 0 fully saturated rings. The van der Waals surface area contributed by atoms with Crippen LogP contribution in [0.1, 0.15) is 13.8 Å². The van der Waals surface area contributed by atoms with Crippen LogP contribution < -0.4 is 4.72 Å². The largest absolute Gasteiger partial charge is 0.283 e. The van der Waals surface area contributed by atoms with Gasteiger partial charge in [-0.2, -0.15) is 0 Å². The summed E-state index contributed by atoms with van der Waals surface area (Å²) in [5.41, 5.74) is 0.389. The monoisotopic (exact) mass is 262 g/mol. The van der Waals surface area contributed by atoms with Crippen LogP contribution >= 0.6 is 11.6 Å². The minimum absolute atomic E-state index is 0.0779. The van der Waals surface area contributed by atoms with Gasteiger partial charge in [-0.1, -0.05) is 11.6 Å². The average Bonchev–Trinajstić information content (AvgIpc) is 2.17. The van der Waals surface area contributed by atoms with Crippen molar-refractivity contribution in [2.45, 2.75) is 19.1 Å². The van der Waals surface area contributed by atoms with Gasteiger partial charge in [-0.05, 0) is 37.2 Å². The molecule has 0 aliphatic rings. The van der Waals surface area contributed by atoms with Crippen LogP contribution in [0, 0.1) is 4.91 Å². The minimum atomic E-state index is -3.40. The quantitative estimate of drug-likeness (QED) is 0.848. The smallest absolute Gasteiger partial charge is 0.235 e. The summed E-state index contributed by atoms with van der Waals surface area (Å²) in [5.74, 6) is 0.